The molecule has 172 valence electrons. The van der Waals surface area contributed by atoms with E-state index in [0.717, 1.165) is 16.6 Å². The Morgan fingerprint density at radius 1 is 1.12 bits per heavy atom. The molecule has 10 heteroatoms. The molecule has 2 heterocycles. The standard InChI is InChI=1S/C23H20F3N3O4/c1-29-16(11-20(28-29)14-2-4-17(5-3-14)33-23(24,25)26)8-9-32-18-6-7-19-15(10-22(30)31)13-27-21(19)12-18/h2-7,11-13,27H,8-10H2,1H3,(H,30,31). The number of nitrogens with one attached hydrogen (secondary N) is 1. The smallest absolute Gasteiger partial charge is 0.493 e. The number of carboxylic acids is 1. The molecular formula is C23H20F3N3O4. The second-order valence-electron chi connectivity index (χ2n) is 7.41. The Morgan fingerprint density at radius 3 is 2.55 bits per heavy atom. The number of alkyl halides is 3. The van der Waals surface area contributed by atoms with E-state index in [-0.39, 0.29) is 12.2 Å². The Kier molecular flexibility index (Phi) is 5.99. The summed E-state index contributed by atoms with van der Waals surface area (Å²) in [4.78, 5) is 14.0. The number of halogens is 3. The molecule has 0 unspecified atom stereocenters. The van der Waals surface area contributed by atoms with Crippen LogP contribution in [0, 0.1) is 0 Å². The van der Waals surface area contributed by atoms with Gasteiger partial charge in [0.05, 0.1) is 18.7 Å². The first-order valence-electron chi connectivity index (χ1n) is 10.0. The van der Waals surface area contributed by atoms with Gasteiger partial charge in [-0.15, -0.1) is 13.2 Å². The third-order valence-electron chi connectivity index (χ3n) is 5.07. The van der Waals surface area contributed by atoms with E-state index in [9.17, 15) is 18.0 Å². The summed E-state index contributed by atoms with van der Waals surface area (Å²) in [5.74, 6) is -0.531. The van der Waals surface area contributed by atoms with Gasteiger partial charge in [0.25, 0.3) is 0 Å². The number of aromatic nitrogens is 3. The first-order valence-corrected chi connectivity index (χ1v) is 10.0. The second-order valence-corrected chi connectivity index (χ2v) is 7.41. The van der Waals surface area contributed by atoms with Gasteiger partial charge in [0, 0.05) is 47.9 Å². The fraction of sp³-hybridized carbons (Fsp3) is 0.217. The van der Waals surface area contributed by atoms with Crippen LogP contribution in [0.2, 0.25) is 0 Å². The average Bonchev–Trinajstić information content (AvgIpc) is 3.30. The Morgan fingerprint density at radius 2 is 1.85 bits per heavy atom. The van der Waals surface area contributed by atoms with E-state index >= 15 is 0 Å². The van der Waals surface area contributed by atoms with Gasteiger partial charge in [-0.05, 0) is 48.0 Å². The van der Waals surface area contributed by atoms with E-state index in [0.29, 0.717) is 35.6 Å². The maximum Gasteiger partial charge on any atom is 0.573 e. The monoisotopic (exact) mass is 459 g/mol. The number of ether oxygens (including phenoxy) is 2. The normalized spacial score (nSPS) is 11.6. The minimum atomic E-state index is -4.73. The lowest BCUT2D eigenvalue weighted by Crippen LogP contribution is -2.16. The van der Waals surface area contributed by atoms with Gasteiger partial charge in [0.15, 0.2) is 0 Å². The molecule has 2 N–H and O–H groups in total. The Bertz CT molecular complexity index is 1280. The number of fused-ring (bicyclic) bond motifs is 1. The number of carbonyl (C=O) groups is 1. The molecule has 0 spiro atoms. The summed E-state index contributed by atoms with van der Waals surface area (Å²) in [6.07, 6.45) is -2.54. The summed E-state index contributed by atoms with van der Waals surface area (Å²) in [5, 5.41) is 14.2. The maximum absolute atomic E-state index is 12.3. The Balaban J connectivity index is 1.38. The molecule has 4 rings (SSSR count). The molecule has 0 atom stereocenters. The minimum Gasteiger partial charge on any atom is -0.493 e. The number of benzene rings is 2. The maximum atomic E-state index is 12.3. The van der Waals surface area contributed by atoms with E-state index in [4.69, 9.17) is 9.84 Å². The van der Waals surface area contributed by atoms with Crippen molar-refractivity contribution in [3.63, 3.8) is 0 Å². The largest absolute Gasteiger partial charge is 0.573 e. The Hall–Kier alpha value is -3.95. The molecule has 0 bridgehead atoms. The quantitative estimate of drug-likeness (QED) is 0.398. The van der Waals surface area contributed by atoms with Gasteiger partial charge in [0.1, 0.15) is 11.5 Å². The molecule has 2 aromatic carbocycles. The van der Waals surface area contributed by atoms with Crippen molar-refractivity contribution in [3.05, 3.63) is 66.0 Å². The van der Waals surface area contributed by atoms with Crippen LogP contribution in [-0.2, 0) is 24.7 Å². The molecule has 33 heavy (non-hydrogen) atoms. The van der Waals surface area contributed by atoms with Crippen LogP contribution in [0.1, 0.15) is 11.3 Å². The number of H-pyrrole nitrogens is 1. The van der Waals surface area contributed by atoms with Gasteiger partial charge in [-0.3, -0.25) is 9.48 Å². The van der Waals surface area contributed by atoms with Gasteiger partial charge in [-0.1, -0.05) is 0 Å². The van der Waals surface area contributed by atoms with Crippen molar-refractivity contribution in [3.8, 4) is 22.8 Å². The Labute approximate surface area is 186 Å². The molecule has 0 fully saturated rings. The van der Waals surface area contributed by atoms with Gasteiger partial charge in [0.2, 0.25) is 0 Å². The van der Waals surface area contributed by atoms with E-state index in [1.165, 1.54) is 24.3 Å². The molecule has 0 aliphatic carbocycles. The third-order valence-corrected chi connectivity index (χ3v) is 5.07. The van der Waals surface area contributed by atoms with Crippen molar-refractivity contribution in [1.82, 2.24) is 14.8 Å². The van der Waals surface area contributed by atoms with Crippen LogP contribution in [0.4, 0.5) is 13.2 Å². The van der Waals surface area contributed by atoms with Gasteiger partial charge >= 0.3 is 12.3 Å². The fourth-order valence-corrected chi connectivity index (χ4v) is 3.55. The highest BCUT2D eigenvalue weighted by molar-refractivity contribution is 5.87. The second kappa shape index (κ2) is 8.89. The average molecular weight is 459 g/mol. The molecule has 2 aromatic heterocycles. The highest BCUT2D eigenvalue weighted by atomic mass is 19.4. The summed E-state index contributed by atoms with van der Waals surface area (Å²) >= 11 is 0. The number of aryl methyl sites for hydroxylation is 1. The van der Waals surface area contributed by atoms with E-state index < -0.39 is 12.3 Å². The third kappa shape index (κ3) is 5.46. The molecule has 0 aliphatic heterocycles. The summed E-state index contributed by atoms with van der Waals surface area (Å²) in [7, 11) is 1.79. The van der Waals surface area contributed by atoms with Crippen molar-refractivity contribution in [2.75, 3.05) is 6.61 Å². The summed E-state index contributed by atoms with van der Waals surface area (Å²) in [5.41, 5.74) is 3.70. The van der Waals surface area contributed by atoms with Crippen LogP contribution in [0.25, 0.3) is 22.2 Å². The minimum absolute atomic E-state index is 0.0545. The van der Waals surface area contributed by atoms with E-state index in [1.807, 2.05) is 18.2 Å². The molecule has 0 amide bonds. The van der Waals surface area contributed by atoms with Gasteiger partial charge < -0.3 is 19.6 Å². The van der Waals surface area contributed by atoms with Crippen molar-refractivity contribution in [2.45, 2.75) is 19.2 Å². The lowest BCUT2D eigenvalue weighted by molar-refractivity contribution is -0.274. The van der Waals surface area contributed by atoms with E-state index in [1.54, 1.807) is 24.0 Å². The molecule has 0 saturated heterocycles. The number of aliphatic carboxylic acids is 1. The molecular weight excluding hydrogens is 439 g/mol. The van der Waals surface area contributed by atoms with Crippen LogP contribution in [-0.4, -0.2) is 38.8 Å². The zero-order valence-electron chi connectivity index (χ0n) is 17.5. The number of nitrogens with zero attached hydrogens (tertiary/aromatic N) is 2. The fourth-order valence-electron chi connectivity index (χ4n) is 3.55. The van der Waals surface area contributed by atoms with Crippen LogP contribution in [0.5, 0.6) is 11.5 Å². The van der Waals surface area contributed by atoms with Crippen molar-refractivity contribution < 1.29 is 32.5 Å². The van der Waals surface area contributed by atoms with E-state index in [2.05, 4.69) is 14.8 Å². The van der Waals surface area contributed by atoms with Crippen molar-refractivity contribution in [2.24, 2.45) is 7.05 Å². The number of carboxylic acid groups (broad SMARTS) is 1. The van der Waals surface area contributed by atoms with Crippen LogP contribution in [0.3, 0.4) is 0 Å². The highest BCUT2D eigenvalue weighted by Crippen LogP contribution is 2.27. The number of hydrogen-bond donors (Lipinski definition) is 2. The van der Waals surface area contributed by atoms with Crippen LogP contribution < -0.4 is 9.47 Å². The number of hydrogen-bond acceptors (Lipinski definition) is 4. The highest BCUT2D eigenvalue weighted by Gasteiger charge is 2.31. The zero-order valence-corrected chi connectivity index (χ0v) is 17.5. The lowest BCUT2D eigenvalue weighted by atomic mass is 10.1. The number of aromatic amines is 1. The zero-order chi connectivity index (χ0) is 23.6. The first kappa shape index (κ1) is 22.3. The van der Waals surface area contributed by atoms with Crippen molar-refractivity contribution >= 4 is 16.9 Å². The number of rotatable bonds is 8. The summed E-state index contributed by atoms with van der Waals surface area (Å²) in [6.45, 7) is 0.380. The topological polar surface area (TPSA) is 89.4 Å². The molecule has 0 aliphatic rings. The predicted octanol–water partition coefficient (Wildman–Crippen LogP) is 4.72. The van der Waals surface area contributed by atoms with Crippen LogP contribution in [0.15, 0.2) is 54.7 Å². The van der Waals surface area contributed by atoms with Crippen LogP contribution >= 0.6 is 0 Å². The molecule has 0 saturated carbocycles. The lowest BCUT2D eigenvalue weighted by Gasteiger charge is -2.08. The molecule has 0 radical (unpaired) electrons. The first-order chi connectivity index (χ1) is 15.7. The molecule has 4 aromatic rings. The van der Waals surface area contributed by atoms with Gasteiger partial charge in [-0.2, -0.15) is 5.10 Å². The summed E-state index contributed by atoms with van der Waals surface area (Å²) < 4.78 is 48.4. The predicted molar refractivity (Wildman–Crippen MR) is 114 cm³/mol. The summed E-state index contributed by atoms with van der Waals surface area (Å²) in [6, 6.07) is 12.8. The van der Waals surface area contributed by atoms with Crippen molar-refractivity contribution in [1.29, 1.82) is 0 Å². The molecule has 7 nitrogen and oxygen atoms in total. The SMILES string of the molecule is Cn1nc(-c2ccc(OC(F)(F)F)cc2)cc1CCOc1ccc2c(CC(=O)O)c[nH]c2c1. The van der Waals surface area contributed by atoms with Gasteiger partial charge in [-0.25, -0.2) is 0 Å².